The molecule has 0 spiro atoms. The molecule has 0 aliphatic carbocycles. The minimum atomic E-state index is 0.0376. The van der Waals surface area contributed by atoms with Gasteiger partial charge in [0.05, 0.1) is 13.1 Å². The summed E-state index contributed by atoms with van der Waals surface area (Å²) in [7, 11) is 0. The van der Waals surface area contributed by atoms with Crippen molar-refractivity contribution in [1.29, 1.82) is 0 Å². The van der Waals surface area contributed by atoms with Crippen LogP contribution < -0.4 is 0 Å². The van der Waals surface area contributed by atoms with Crippen molar-refractivity contribution < 1.29 is 9.28 Å². The van der Waals surface area contributed by atoms with Crippen molar-refractivity contribution in [1.82, 2.24) is 0 Å². The van der Waals surface area contributed by atoms with Crippen LogP contribution in [0.2, 0.25) is 5.02 Å². The highest BCUT2D eigenvalue weighted by molar-refractivity contribution is 6.31. The number of halogens is 1. The number of hydrogen-bond acceptors (Lipinski definition) is 1. The van der Waals surface area contributed by atoms with Gasteiger partial charge in [0, 0.05) is 23.4 Å². The summed E-state index contributed by atoms with van der Waals surface area (Å²) in [4.78, 5) is 13.6. The van der Waals surface area contributed by atoms with Crippen LogP contribution in [-0.4, -0.2) is 29.4 Å². The van der Waals surface area contributed by atoms with Gasteiger partial charge in [-0.2, -0.15) is 0 Å². The molecule has 0 saturated carbocycles. The molecule has 2 nitrogen and oxygen atoms in total. The molecule has 0 amide bonds. The van der Waals surface area contributed by atoms with E-state index in [-0.39, 0.29) is 6.04 Å². The summed E-state index contributed by atoms with van der Waals surface area (Å²) in [6.07, 6.45) is 5.08. The smallest absolute Gasteiger partial charge is 0.194 e. The Balaban J connectivity index is 1.91. The number of rotatable bonds is 7. The highest BCUT2D eigenvalue weighted by Gasteiger charge is 2.41. The van der Waals surface area contributed by atoms with Crippen LogP contribution in [0.15, 0.2) is 42.5 Å². The molecule has 1 unspecified atom stereocenters. The maximum atomic E-state index is 13.6. The van der Waals surface area contributed by atoms with Gasteiger partial charge in [-0.05, 0) is 55.9 Å². The zero-order valence-corrected chi connectivity index (χ0v) is 18.3. The van der Waals surface area contributed by atoms with Gasteiger partial charge in [-0.25, -0.2) is 0 Å². The number of carbonyl (C=O) groups is 1. The highest BCUT2D eigenvalue weighted by atomic mass is 35.5. The molecular formula is C25H33ClNO+. The van der Waals surface area contributed by atoms with Crippen molar-refractivity contribution in [3.8, 4) is 0 Å². The lowest BCUT2D eigenvalue weighted by molar-refractivity contribution is -0.959. The van der Waals surface area contributed by atoms with Crippen LogP contribution in [0.5, 0.6) is 0 Å². The Morgan fingerprint density at radius 3 is 2.25 bits per heavy atom. The molecule has 2 aromatic carbocycles. The molecule has 1 aliphatic heterocycles. The van der Waals surface area contributed by atoms with Crippen molar-refractivity contribution in [2.75, 3.05) is 13.1 Å². The Bertz CT molecular complexity index is 803. The van der Waals surface area contributed by atoms with Gasteiger partial charge >= 0.3 is 0 Å². The molecule has 0 radical (unpaired) electrons. The summed E-state index contributed by atoms with van der Waals surface area (Å²) in [6.45, 7) is 9.41. The Hall–Kier alpha value is -1.64. The molecule has 28 heavy (non-hydrogen) atoms. The summed E-state index contributed by atoms with van der Waals surface area (Å²) in [5, 5.41) is 0.822. The summed E-state index contributed by atoms with van der Waals surface area (Å²) >= 11 is 6.51. The van der Waals surface area contributed by atoms with E-state index in [2.05, 4.69) is 51.1 Å². The molecular weight excluding hydrogens is 366 g/mol. The molecule has 3 heteroatoms. The fourth-order valence-electron chi connectivity index (χ4n) is 5.03. The van der Waals surface area contributed by atoms with Gasteiger partial charge in [-0.1, -0.05) is 54.9 Å². The van der Waals surface area contributed by atoms with Gasteiger partial charge in [-0.3, -0.25) is 4.79 Å². The van der Waals surface area contributed by atoms with E-state index in [4.69, 9.17) is 11.6 Å². The maximum Gasteiger partial charge on any atom is 0.194 e. The van der Waals surface area contributed by atoms with Gasteiger partial charge in [0.25, 0.3) is 0 Å². The zero-order valence-electron chi connectivity index (χ0n) is 17.5. The summed E-state index contributed by atoms with van der Waals surface area (Å²) in [6, 6.07) is 14.5. The zero-order chi connectivity index (χ0) is 20.1. The monoisotopic (exact) mass is 398 g/mol. The molecule has 1 fully saturated rings. The van der Waals surface area contributed by atoms with E-state index in [0.29, 0.717) is 12.2 Å². The van der Waals surface area contributed by atoms with Crippen molar-refractivity contribution >= 4 is 17.4 Å². The average molecular weight is 399 g/mol. The van der Waals surface area contributed by atoms with Gasteiger partial charge in [0.1, 0.15) is 12.6 Å². The van der Waals surface area contributed by atoms with Crippen molar-refractivity contribution in [3.63, 3.8) is 0 Å². The Morgan fingerprint density at radius 1 is 1.00 bits per heavy atom. The van der Waals surface area contributed by atoms with Crippen LogP contribution >= 0.6 is 11.6 Å². The highest BCUT2D eigenvalue weighted by Crippen LogP contribution is 2.31. The maximum absolute atomic E-state index is 13.6. The second-order valence-electron chi connectivity index (χ2n) is 8.41. The SMILES string of the molecule is CCC(C(=O)Cc1c(C)cccc1C)[N+]1(Cc2ccccc2Cl)CCCCC1. The topological polar surface area (TPSA) is 17.1 Å². The molecule has 1 heterocycles. The molecule has 3 rings (SSSR count). The van der Waals surface area contributed by atoms with E-state index in [1.165, 1.54) is 41.5 Å². The van der Waals surface area contributed by atoms with Gasteiger partial charge in [-0.15, -0.1) is 0 Å². The van der Waals surface area contributed by atoms with Gasteiger partial charge in [0.2, 0.25) is 0 Å². The second-order valence-corrected chi connectivity index (χ2v) is 8.82. The number of benzene rings is 2. The quantitative estimate of drug-likeness (QED) is 0.519. The first kappa shape index (κ1) is 21.1. The fraction of sp³-hybridized carbons (Fsp3) is 0.480. The van der Waals surface area contributed by atoms with Crippen LogP contribution in [-0.2, 0) is 17.8 Å². The van der Waals surface area contributed by atoms with Crippen molar-refractivity contribution in [2.24, 2.45) is 0 Å². The number of aryl methyl sites for hydroxylation is 2. The molecule has 2 aromatic rings. The first-order chi connectivity index (χ1) is 13.5. The minimum absolute atomic E-state index is 0.0376. The average Bonchev–Trinajstić information content (AvgIpc) is 2.68. The Kier molecular flexibility index (Phi) is 6.95. The first-order valence-corrected chi connectivity index (χ1v) is 11.0. The van der Waals surface area contributed by atoms with Gasteiger partial charge < -0.3 is 4.48 Å². The van der Waals surface area contributed by atoms with Crippen LogP contribution in [0.25, 0.3) is 0 Å². The van der Waals surface area contributed by atoms with E-state index in [9.17, 15) is 4.79 Å². The lowest BCUT2D eigenvalue weighted by Gasteiger charge is -2.46. The lowest BCUT2D eigenvalue weighted by atomic mass is 9.91. The molecule has 150 valence electrons. The van der Waals surface area contributed by atoms with E-state index in [0.717, 1.165) is 35.6 Å². The number of ketones is 1. The number of nitrogens with zero attached hydrogens (tertiary/aromatic N) is 1. The van der Waals surface area contributed by atoms with Crippen molar-refractivity contribution in [3.05, 3.63) is 69.7 Å². The Labute approximate surface area is 175 Å². The summed E-state index contributed by atoms with van der Waals surface area (Å²) in [5.41, 5.74) is 4.82. The number of likely N-dealkylation sites (tertiary alicyclic amines) is 1. The van der Waals surface area contributed by atoms with E-state index < -0.39 is 0 Å². The molecule has 1 aliphatic rings. The molecule has 1 saturated heterocycles. The molecule has 0 aromatic heterocycles. The van der Waals surface area contributed by atoms with Crippen LogP contribution in [0, 0.1) is 13.8 Å². The third kappa shape index (κ3) is 4.50. The Morgan fingerprint density at radius 2 is 1.64 bits per heavy atom. The number of Topliss-reactive ketones (excluding diaryl/α,β-unsaturated/α-hetero) is 1. The first-order valence-electron chi connectivity index (χ1n) is 10.6. The van der Waals surface area contributed by atoms with E-state index in [1.54, 1.807) is 0 Å². The van der Waals surface area contributed by atoms with Crippen LogP contribution in [0.1, 0.15) is 54.9 Å². The third-order valence-electron chi connectivity index (χ3n) is 6.56. The number of quaternary nitrogens is 1. The standard InChI is InChI=1S/C25H33ClNO/c1-4-24(25(28)17-22-19(2)11-10-12-20(22)3)27(15-8-5-9-16-27)18-21-13-6-7-14-23(21)26/h6-7,10-14,24H,4-5,8-9,15-18H2,1-3H3/q+1. The predicted molar refractivity (Wildman–Crippen MR) is 118 cm³/mol. The van der Waals surface area contributed by atoms with Gasteiger partial charge in [0.15, 0.2) is 5.78 Å². The van der Waals surface area contributed by atoms with E-state index >= 15 is 0 Å². The number of hydrogen-bond donors (Lipinski definition) is 0. The fourth-order valence-corrected chi connectivity index (χ4v) is 5.22. The lowest BCUT2D eigenvalue weighted by Crippen LogP contribution is -2.60. The van der Waals surface area contributed by atoms with Crippen molar-refractivity contribution in [2.45, 2.75) is 65.5 Å². The normalized spacial score (nSPS) is 17.3. The van der Waals surface area contributed by atoms with E-state index in [1.807, 2.05) is 12.1 Å². The summed E-state index contributed by atoms with van der Waals surface area (Å²) in [5.74, 6) is 0.383. The predicted octanol–water partition coefficient (Wildman–Crippen LogP) is 6.05. The second kappa shape index (κ2) is 9.24. The van der Waals surface area contributed by atoms with Crippen LogP contribution in [0.3, 0.4) is 0 Å². The number of carbonyl (C=O) groups excluding carboxylic acids is 1. The molecule has 0 N–H and O–H groups in total. The largest absolute Gasteiger partial charge is 0.311 e. The minimum Gasteiger partial charge on any atom is -0.311 e. The molecule has 1 atom stereocenters. The van der Waals surface area contributed by atoms with Crippen LogP contribution in [0.4, 0.5) is 0 Å². The third-order valence-corrected chi connectivity index (χ3v) is 6.93. The summed E-state index contributed by atoms with van der Waals surface area (Å²) < 4.78 is 0.865. The number of piperidine rings is 1. The molecule has 0 bridgehead atoms.